The van der Waals surface area contributed by atoms with Crippen LogP contribution in [-0.4, -0.2) is 167 Å². The quantitative estimate of drug-likeness (QED) is 0.0846. The Balaban J connectivity index is 1.42. The molecular formula is C24H35NO17S. The van der Waals surface area contributed by atoms with E-state index in [0.29, 0.717) is 4.90 Å². The van der Waals surface area contributed by atoms with Crippen LogP contribution in [-0.2, 0) is 23.7 Å². The molecule has 0 aromatic heterocycles. The minimum absolute atomic E-state index is 0.161. The first-order valence-corrected chi connectivity index (χ1v) is 14.1. The number of rotatable bonds is 10. The lowest BCUT2D eigenvalue weighted by Gasteiger charge is -2.48. The van der Waals surface area contributed by atoms with Crippen LogP contribution in [0.4, 0.5) is 5.69 Å². The molecule has 0 spiro atoms. The number of hydrogen-bond donors (Lipinski definition) is 10. The van der Waals surface area contributed by atoms with Crippen molar-refractivity contribution in [2.24, 2.45) is 0 Å². The number of non-ortho nitro benzene ring substituents is 1. The van der Waals surface area contributed by atoms with Crippen molar-refractivity contribution in [3.63, 3.8) is 0 Å². The van der Waals surface area contributed by atoms with Gasteiger partial charge in [0.15, 0.2) is 12.6 Å². The van der Waals surface area contributed by atoms with E-state index >= 15 is 0 Å². The summed E-state index contributed by atoms with van der Waals surface area (Å²) in [6.07, 6.45) is -23.3. The van der Waals surface area contributed by atoms with Crippen LogP contribution in [0.5, 0.6) is 0 Å². The fourth-order valence-corrected chi connectivity index (χ4v) is 5.98. The Bertz CT molecular complexity index is 1050. The van der Waals surface area contributed by atoms with Gasteiger partial charge in [0.1, 0.15) is 78.7 Å². The molecule has 3 fully saturated rings. The zero-order valence-electron chi connectivity index (χ0n) is 22.3. The average Bonchev–Trinajstić information content (AvgIpc) is 3.00. The number of nitrogens with zero attached hydrogens (tertiary/aromatic N) is 1. The Hall–Kier alpha value is -1.63. The van der Waals surface area contributed by atoms with Crippen molar-refractivity contribution in [1.29, 1.82) is 0 Å². The molecule has 0 amide bonds. The summed E-state index contributed by atoms with van der Waals surface area (Å²) < 4.78 is 27.6. The van der Waals surface area contributed by atoms with Gasteiger partial charge in [0, 0.05) is 17.0 Å². The molecule has 0 bridgehead atoms. The number of aliphatic hydroxyl groups excluding tert-OH is 10. The minimum Gasteiger partial charge on any atom is -0.394 e. The van der Waals surface area contributed by atoms with Gasteiger partial charge in [-0.3, -0.25) is 10.1 Å². The summed E-state index contributed by atoms with van der Waals surface area (Å²) in [7, 11) is 0. The Labute approximate surface area is 247 Å². The molecule has 43 heavy (non-hydrogen) atoms. The molecule has 3 heterocycles. The lowest BCUT2D eigenvalue weighted by atomic mass is 9.96. The van der Waals surface area contributed by atoms with Crippen molar-refractivity contribution in [3.05, 3.63) is 34.4 Å². The highest BCUT2D eigenvalue weighted by atomic mass is 32.2. The van der Waals surface area contributed by atoms with E-state index in [1.165, 1.54) is 24.3 Å². The number of hydrogen-bond acceptors (Lipinski definition) is 18. The monoisotopic (exact) mass is 641 g/mol. The summed E-state index contributed by atoms with van der Waals surface area (Å²) in [4.78, 5) is 10.7. The molecule has 3 saturated heterocycles. The van der Waals surface area contributed by atoms with Crippen LogP contribution in [0.25, 0.3) is 0 Å². The molecule has 0 radical (unpaired) electrons. The predicted octanol–water partition coefficient (Wildman–Crippen LogP) is -4.86. The molecule has 10 N–H and O–H groups in total. The Morgan fingerprint density at radius 3 is 1.63 bits per heavy atom. The van der Waals surface area contributed by atoms with E-state index in [9.17, 15) is 61.2 Å². The van der Waals surface area contributed by atoms with Crippen LogP contribution >= 0.6 is 11.8 Å². The highest BCUT2D eigenvalue weighted by molar-refractivity contribution is 7.99. The molecular weight excluding hydrogens is 606 g/mol. The van der Waals surface area contributed by atoms with E-state index in [4.69, 9.17) is 23.7 Å². The van der Waals surface area contributed by atoms with Gasteiger partial charge in [-0.15, -0.1) is 0 Å². The third-order valence-corrected chi connectivity index (χ3v) is 8.54. The minimum atomic E-state index is -1.94. The van der Waals surface area contributed by atoms with Crippen molar-refractivity contribution >= 4 is 17.4 Å². The predicted molar refractivity (Wildman–Crippen MR) is 138 cm³/mol. The van der Waals surface area contributed by atoms with Crippen LogP contribution in [0.3, 0.4) is 0 Å². The molecule has 15 atom stereocenters. The van der Waals surface area contributed by atoms with E-state index in [0.717, 1.165) is 11.8 Å². The third-order valence-electron chi connectivity index (χ3n) is 7.37. The number of benzene rings is 1. The first kappa shape index (κ1) is 34.2. The Morgan fingerprint density at radius 2 is 1.12 bits per heavy atom. The van der Waals surface area contributed by atoms with Gasteiger partial charge in [0.25, 0.3) is 5.69 Å². The van der Waals surface area contributed by atoms with Crippen molar-refractivity contribution in [1.82, 2.24) is 0 Å². The maximum Gasteiger partial charge on any atom is 0.269 e. The maximum atomic E-state index is 10.9. The van der Waals surface area contributed by atoms with Gasteiger partial charge < -0.3 is 74.7 Å². The smallest absolute Gasteiger partial charge is 0.269 e. The molecule has 0 unspecified atom stereocenters. The van der Waals surface area contributed by atoms with Crippen molar-refractivity contribution in [2.75, 3.05) is 19.8 Å². The van der Waals surface area contributed by atoms with Crippen LogP contribution in [0.1, 0.15) is 0 Å². The normalized spacial score (nSPS) is 43.8. The third kappa shape index (κ3) is 7.28. The Morgan fingerprint density at radius 1 is 0.651 bits per heavy atom. The highest BCUT2D eigenvalue weighted by Crippen LogP contribution is 2.37. The zero-order valence-corrected chi connectivity index (χ0v) is 23.1. The second-order valence-electron chi connectivity index (χ2n) is 10.2. The molecule has 3 aliphatic rings. The van der Waals surface area contributed by atoms with Crippen molar-refractivity contribution < 1.29 is 79.7 Å². The van der Waals surface area contributed by atoms with E-state index in [-0.39, 0.29) is 5.69 Å². The summed E-state index contributed by atoms with van der Waals surface area (Å²) in [5, 5.41) is 113. The molecule has 18 nitrogen and oxygen atoms in total. The number of thioether (sulfide) groups is 1. The van der Waals surface area contributed by atoms with E-state index in [2.05, 4.69) is 0 Å². The molecule has 0 aliphatic carbocycles. The molecule has 3 aliphatic heterocycles. The lowest BCUT2D eigenvalue weighted by molar-refractivity contribution is -0.384. The highest BCUT2D eigenvalue weighted by Gasteiger charge is 2.53. The second-order valence-corrected chi connectivity index (χ2v) is 11.4. The van der Waals surface area contributed by atoms with Gasteiger partial charge in [-0.1, -0.05) is 11.8 Å². The molecule has 244 valence electrons. The number of nitro groups is 1. The maximum absolute atomic E-state index is 10.9. The fraction of sp³-hybridized carbons (Fsp3) is 0.750. The molecule has 0 saturated carbocycles. The SMILES string of the molecule is O=[N+]([O-])c1ccc(S[C@@H]2O[C@H](CO)[C@@H](O[C@H]3O[C@H](CO)[C@@H](O[C@H]4O[C@H](CO)[C@@H](O)[C@H](O)[C@H]4O)[C@H](O)[C@H]3O)[C@H](O)[C@H]2O)cc1. The van der Waals surface area contributed by atoms with Gasteiger partial charge in [-0.2, -0.15) is 0 Å². The van der Waals surface area contributed by atoms with E-state index < -0.39 is 116 Å². The second kappa shape index (κ2) is 14.6. The summed E-state index contributed by atoms with van der Waals surface area (Å²) in [5.41, 5.74) is -1.32. The zero-order chi connectivity index (χ0) is 31.6. The fourth-order valence-electron chi connectivity index (χ4n) is 4.92. The van der Waals surface area contributed by atoms with Crippen LogP contribution < -0.4 is 0 Å². The van der Waals surface area contributed by atoms with Gasteiger partial charge in [-0.25, -0.2) is 0 Å². The van der Waals surface area contributed by atoms with Crippen LogP contribution in [0.15, 0.2) is 29.2 Å². The summed E-state index contributed by atoms with van der Waals surface area (Å²) >= 11 is 0.915. The standard InChI is InChI=1S/C24H35NO17S/c26-5-10-13(29)14(30)17(33)22(38-10)41-20-11(6-27)39-23(18(34)15(20)31)42-21-12(7-28)40-24(19(35)16(21)32)43-9-3-1-8(2-4-9)25(36)37/h1-4,10-24,26-35H,5-7H2/t10-,11-,12-,13-,14+,15-,16-,17-,18-,19-,20-,21-,22-,23-,24+/m1/s1. The molecule has 19 heteroatoms. The van der Waals surface area contributed by atoms with Crippen molar-refractivity contribution in [3.8, 4) is 0 Å². The first-order valence-electron chi connectivity index (χ1n) is 13.2. The van der Waals surface area contributed by atoms with Gasteiger partial charge in [0.05, 0.1) is 24.7 Å². The van der Waals surface area contributed by atoms with E-state index in [1.807, 2.05) is 0 Å². The lowest BCUT2D eigenvalue weighted by Crippen LogP contribution is -2.66. The average molecular weight is 642 g/mol. The molecule has 1 aromatic rings. The first-order chi connectivity index (χ1) is 20.4. The summed E-state index contributed by atoms with van der Waals surface area (Å²) in [6.45, 7) is -2.33. The van der Waals surface area contributed by atoms with Gasteiger partial charge in [0.2, 0.25) is 0 Å². The largest absolute Gasteiger partial charge is 0.394 e. The molecule has 1 aromatic carbocycles. The summed E-state index contributed by atoms with van der Waals surface area (Å²) in [6, 6.07) is 5.30. The summed E-state index contributed by atoms with van der Waals surface area (Å²) in [5.74, 6) is 0. The van der Waals surface area contributed by atoms with Crippen LogP contribution in [0, 0.1) is 10.1 Å². The topological polar surface area (TPSA) is 292 Å². The number of nitro benzene ring substituents is 1. The number of aliphatic hydroxyl groups is 10. The van der Waals surface area contributed by atoms with Gasteiger partial charge in [-0.05, 0) is 12.1 Å². The van der Waals surface area contributed by atoms with Crippen LogP contribution in [0.2, 0.25) is 0 Å². The number of ether oxygens (including phenoxy) is 5. The molecule has 4 rings (SSSR count). The Kier molecular flexibility index (Phi) is 11.7. The van der Waals surface area contributed by atoms with E-state index in [1.54, 1.807) is 0 Å². The van der Waals surface area contributed by atoms with Crippen molar-refractivity contribution in [2.45, 2.75) is 96.2 Å². The van der Waals surface area contributed by atoms with Gasteiger partial charge >= 0.3 is 0 Å².